The monoisotopic (exact) mass is 263 g/mol. The number of nitrogens with zero attached hydrogens (tertiary/aromatic N) is 2. The number of hydrogen-bond acceptors (Lipinski definition) is 3. The first kappa shape index (κ1) is 13.8. The Kier molecular flexibility index (Phi) is 5.65. The van der Waals surface area contributed by atoms with Crippen molar-refractivity contribution in [3.63, 3.8) is 0 Å². The highest BCUT2D eigenvalue weighted by molar-refractivity contribution is 5.78. The van der Waals surface area contributed by atoms with Crippen LogP contribution < -0.4 is 5.73 Å². The summed E-state index contributed by atoms with van der Waals surface area (Å²) in [7, 11) is 0. The van der Waals surface area contributed by atoms with E-state index in [2.05, 4.69) is 4.99 Å². The summed E-state index contributed by atoms with van der Waals surface area (Å²) in [6.07, 6.45) is 0. The predicted molar refractivity (Wildman–Crippen MR) is 75.0 cm³/mol. The van der Waals surface area contributed by atoms with E-state index >= 15 is 0 Å². The van der Waals surface area contributed by atoms with E-state index in [-0.39, 0.29) is 0 Å². The average molecular weight is 263 g/mol. The van der Waals surface area contributed by atoms with Crippen LogP contribution in [-0.2, 0) is 16.1 Å². The molecule has 1 saturated heterocycles. The molecule has 1 aliphatic rings. The molecule has 1 fully saturated rings. The van der Waals surface area contributed by atoms with Gasteiger partial charge in [0.05, 0.1) is 33.0 Å². The Morgan fingerprint density at radius 3 is 2.74 bits per heavy atom. The molecule has 2 N–H and O–H groups in total. The molecule has 19 heavy (non-hydrogen) atoms. The van der Waals surface area contributed by atoms with Crippen molar-refractivity contribution in [2.45, 2.75) is 6.61 Å². The molecule has 1 aromatic rings. The minimum absolute atomic E-state index is 0.583. The second-order valence-corrected chi connectivity index (χ2v) is 4.38. The van der Waals surface area contributed by atoms with Crippen LogP contribution in [0.1, 0.15) is 5.56 Å². The number of ether oxygens (including phenoxy) is 2. The smallest absolute Gasteiger partial charge is 0.191 e. The van der Waals surface area contributed by atoms with Crippen LogP contribution in [0, 0.1) is 0 Å². The summed E-state index contributed by atoms with van der Waals surface area (Å²) in [6, 6.07) is 10.1. The van der Waals surface area contributed by atoms with Gasteiger partial charge in [0.25, 0.3) is 0 Å². The van der Waals surface area contributed by atoms with Gasteiger partial charge in [-0.1, -0.05) is 30.3 Å². The molecule has 0 aliphatic carbocycles. The summed E-state index contributed by atoms with van der Waals surface area (Å²) >= 11 is 0. The Morgan fingerprint density at radius 1 is 1.26 bits per heavy atom. The molecule has 5 heteroatoms. The molecular weight excluding hydrogens is 242 g/mol. The zero-order valence-corrected chi connectivity index (χ0v) is 11.1. The number of aliphatic imine (C=N–C) groups is 1. The van der Waals surface area contributed by atoms with Gasteiger partial charge >= 0.3 is 0 Å². The summed E-state index contributed by atoms with van der Waals surface area (Å²) in [5, 5.41) is 0. The zero-order valence-electron chi connectivity index (χ0n) is 11.1. The molecule has 0 spiro atoms. The first-order valence-electron chi connectivity index (χ1n) is 6.60. The first-order chi connectivity index (χ1) is 9.36. The van der Waals surface area contributed by atoms with Crippen molar-refractivity contribution in [2.24, 2.45) is 10.7 Å². The van der Waals surface area contributed by atoms with Crippen LogP contribution in [0.5, 0.6) is 0 Å². The van der Waals surface area contributed by atoms with E-state index in [9.17, 15) is 0 Å². The van der Waals surface area contributed by atoms with Crippen LogP contribution in [0.15, 0.2) is 35.3 Å². The van der Waals surface area contributed by atoms with Crippen LogP contribution in [0.25, 0.3) is 0 Å². The highest BCUT2D eigenvalue weighted by Crippen LogP contribution is 2.00. The minimum Gasteiger partial charge on any atom is -0.378 e. The van der Waals surface area contributed by atoms with Crippen molar-refractivity contribution in [2.75, 3.05) is 39.5 Å². The molecule has 1 aliphatic heterocycles. The molecule has 104 valence electrons. The fraction of sp³-hybridized carbons (Fsp3) is 0.500. The predicted octanol–water partition coefficient (Wildman–Crippen LogP) is 0.850. The lowest BCUT2D eigenvalue weighted by atomic mass is 10.2. The van der Waals surface area contributed by atoms with Gasteiger partial charge < -0.3 is 20.1 Å². The number of rotatable bonds is 5. The lowest BCUT2D eigenvalue weighted by molar-refractivity contribution is 0.0672. The van der Waals surface area contributed by atoms with Gasteiger partial charge in [0, 0.05) is 13.1 Å². The van der Waals surface area contributed by atoms with Gasteiger partial charge in [0.1, 0.15) is 0 Å². The van der Waals surface area contributed by atoms with Crippen LogP contribution >= 0.6 is 0 Å². The SMILES string of the molecule is NC(=NCCOCc1ccccc1)N1CCOCC1. The third-order valence-electron chi connectivity index (χ3n) is 2.96. The maximum atomic E-state index is 5.91. The van der Waals surface area contributed by atoms with Gasteiger partial charge in [0.15, 0.2) is 5.96 Å². The molecular formula is C14H21N3O2. The van der Waals surface area contributed by atoms with Crippen LogP contribution in [0.4, 0.5) is 0 Å². The Bertz CT molecular complexity index is 389. The lowest BCUT2D eigenvalue weighted by Gasteiger charge is -2.27. The Hall–Kier alpha value is -1.59. The Balaban J connectivity index is 1.62. The van der Waals surface area contributed by atoms with E-state index in [1.807, 2.05) is 35.2 Å². The summed E-state index contributed by atoms with van der Waals surface area (Å²) in [5.41, 5.74) is 7.08. The molecule has 0 saturated carbocycles. The van der Waals surface area contributed by atoms with E-state index in [4.69, 9.17) is 15.2 Å². The number of benzene rings is 1. The molecule has 0 atom stereocenters. The molecule has 0 radical (unpaired) electrons. The second kappa shape index (κ2) is 7.76. The number of hydrogen-bond donors (Lipinski definition) is 1. The highest BCUT2D eigenvalue weighted by atomic mass is 16.5. The fourth-order valence-electron chi connectivity index (χ4n) is 1.88. The van der Waals surface area contributed by atoms with Crippen molar-refractivity contribution in [1.29, 1.82) is 0 Å². The van der Waals surface area contributed by atoms with Crippen LogP contribution in [0.2, 0.25) is 0 Å². The molecule has 0 bridgehead atoms. The molecule has 5 nitrogen and oxygen atoms in total. The standard InChI is InChI=1S/C14H21N3O2/c15-14(17-7-10-18-11-8-17)16-6-9-19-12-13-4-2-1-3-5-13/h1-5H,6-12H2,(H2,15,16). The van der Waals surface area contributed by atoms with Crippen molar-refractivity contribution in [3.8, 4) is 0 Å². The normalized spacial score (nSPS) is 16.6. The molecule has 2 rings (SSSR count). The quantitative estimate of drug-likeness (QED) is 0.486. The van der Waals surface area contributed by atoms with Gasteiger partial charge in [-0.25, -0.2) is 0 Å². The van der Waals surface area contributed by atoms with Gasteiger partial charge in [-0.15, -0.1) is 0 Å². The fourth-order valence-corrected chi connectivity index (χ4v) is 1.88. The summed E-state index contributed by atoms with van der Waals surface area (Å²) in [5.74, 6) is 0.589. The molecule has 0 unspecified atom stereocenters. The van der Waals surface area contributed by atoms with E-state index in [1.54, 1.807) is 0 Å². The number of morpholine rings is 1. The molecule has 1 heterocycles. The zero-order chi connectivity index (χ0) is 13.3. The van der Waals surface area contributed by atoms with E-state index < -0.39 is 0 Å². The summed E-state index contributed by atoms with van der Waals surface area (Å²) < 4.78 is 10.8. The van der Waals surface area contributed by atoms with Gasteiger partial charge in [0.2, 0.25) is 0 Å². The molecule has 0 aromatic heterocycles. The first-order valence-corrected chi connectivity index (χ1v) is 6.60. The minimum atomic E-state index is 0.583. The van der Waals surface area contributed by atoms with Gasteiger partial charge in [-0.3, -0.25) is 4.99 Å². The topological polar surface area (TPSA) is 60.1 Å². The highest BCUT2D eigenvalue weighted by Gasteiger charge is 2.11. The van der Waals surface area contributed by atoms with Crippen LogP contribution in [-0.4, -0.2) is 50.3 Å². The maximum absolute atomic E-state index is 5.91. The van der Waals surface area contributed by atoms with Gasteiger partial charge in [-0.2, -0.15) is 0 Å². The largest absolute Gasteiger partial charge is 0.378 e. The van der Waals surface area contributed by atoms with E-state index in [1.165, 1.54) is 5.56 Å². The second-order valence-electron chi connectivity index (χ2n) is 4.38. The van der Waals surface area contributed by atoms with Crippen molar-refractivity contribution < 1.29 is 9.47 Å². The number of guanidine groups is 1. The lowest BCUT2D eigenvalue weighted by Crippen LogP contribution is -2.44. The van der Waals surface area contributed by atoms with Crippen molar-refractivity contribution in [3.05, 3.63) is 35.9 Å². The van der Waals surface area contributed by atoms with Crippen LogP contribution in [0.3, 0.4) is 0 Å². The third kappa shape index (κ3) is 4.89. The summed E-state index contributed by atoms with van der Waals surface area (Å²) in [4.78, 5) is 6.36. The average Bonchev–Trinajstić information content (AvgIpc) is 2.49. The van der Waals surface area contributed by atoms with Gasteiger partial charge in [-0.05, 0) is 5.56 Å². The van der Waals surface area contributed by atoms with E-state index in [0.29, 0.717) is 25.7 Å². The number of nitrogens with two attached hydrogens (primary N) is 1. The van der Waals surface area contributed by atoms with Crippen molar-refractivity contribution >= 4 is 5.96 Å². The Morgan fingerprint density at radius 2 is 2.00 bits per heavy atom. The summed E-state index contributed by atoms with van der Waals surface area (Å²) in [6.45, 7) is 4.88. The third-order valence-corrected chi connectivity index (χ3v) is 2.96. The maximum Gasteiger partial charge on any atom is 0.191 e. The Labute approximate surface area is 114 Å². The van der Waals surface area contributed by atoms with E-state index in [0.717, 1.165) is 26.3 Å². The molecule has 1 aromatic carbocycles. The molecule has 0 amide bonds. The van der Waals surface area contributed by atoms with Crippen molar-refractivity contribution in [1.82, 2.24) is 4.90 Å².